The zero-order valence-electron chi connectivity index (χ0n) is 30.5. The van der Waals surface area contributed by atoms with Crippen LogP contribution >= 0.6 is 0 Å². The van der Waals surface area contributed by atoms with Crippen LogP contribution in [0, 0.1) is 6.92 Å². The number of nitrogens with zero attached hydrogens (tertiary/aromatic N) is 4. The largest absolute Gasteiger partial charge is 0.507 e. The molecule has 0 amide bonds. The molecule has 5 nitrogen and oxygen atoms in total. The molecule has 8 aromatic rings. The van der Waals surface area contributed by atoms with Gasteiger partial charge in [-0.25, -0.2) is 4.98 Å². The fraction of sp³-hybridized carbons (Fsp3) is 0.170. The van der Waals surface area contributed by atoms with E-state index in [1.165, 1.54) is 11.1 Å². The zero-order chi connectivity index (χ0) is 36.1. The lowest BCUT2D eigenvalue weighted by molar-refractivity contribution is 0.476. The molecule has 1 N–H and O–H groups in total. The molecule has 0 radical (unpaired) electrons. The number of hydrogen-bond donors (Lipinski definition) is 1. The Morgan fingerprint density at radius 2 is 1.40 bits per heavy atom. The summed E-state index contributed by atoms with van der Waals surface area (Å²) >= 11 is 0. The van der Waals surface area contributed by atoms with E-state index in [2.05, 4.69) is 130 Å². The molecule has 0 aliphatic carbocycles. The highest BCUT2D eigenvalue weighted by molar-refractivity contribution is 6.01. The van der Waals surface area contributed by atoms with Crippen molar-refractivity contribution < 1.29 is 5.11 Å². The molecule has 0 saturated carbocycles. The van der Waals surface area contributed by atoms with Crippen molar-refractivity contribution in [1.82, 2.24) is 19.5 Å². The number of fused-ring (bicyclic) bond motifs is 2. The lowest BCUT2D eigenvalue weighted by Crippen LogP contribution is -2.11. The van der Waals surface area contributed by atoms with E-state index in [0.29, 0.717) is 17.3 Å². The summed E-state index contributed by atoms with van der Waals surface area (Å²) in [6.07, 6.45) is 3.77. The number of benzene rings is 5. The Hall–Kier alpha value is -6.07. The van der Waals surface area contributed by atoms with Crippen LogP contribution in [0.15, 0.2) is 134 Å². The van der Waals surface area contributed by atoms with E-state index in [9.17, 15) is 5.11 Å². The van der Waals surface area contributed by atoms with Gasteiger partial charge < -0.3 is 5.11 Å². The predicted molar refractivity (Wildman–Crippen MR) is 215 cm³/mol. The van der Waals surface area contributed by atoms with Crippen molar-refractivity contribution in [2.24, 2.45) is 0 Å². The Labute approximate surface area is 305 Å². The molecule has 0 saturated heterocycles. The fourth-order valence-corrected chi connectivity index (χ4v) is 7.25. The van der Waals surface area contributed by atoms with Crippen LogP contribution < -0.4 is 0 Å². The first-order valence-corrected chi connectivity index (χ1v) is 17.9. The number of hydrogen-bond acceptors (Lipinski definition) is 4. The number of phenols is 1. The van der Waals surface area contributed by atoms with Gasteiger partial charge in [-0.3, -0.25) is 14.5 Å². The van der Waals surface area contributed by atoms with Crippen LogP contribution in [0.4, 0.5) is 0 Å². The van der Waals surface area contributed by atoms with E-state index in [1.54, 1.807) is 6.07 Å². The van der Waals surface area contributed by atoms with E-state index < -0.39 is 0 Å². The van der Waals surface area contributed by atoms with Crippen molar-refractivity contribution in [3.8, 4) is 56.3 Å². The summed E-state index contributed by atoms with van der Waals surface area (Å²) in [6, 6.07) is 42.0. The van der Waals surface area contributed by atoms with Crippen molar-refractivity contribution in [2.75, 3.05) is 0 Å². The van der Waals surface area contributed by atoms with Gasteiger partial charge >= 0.3 is 0 Å². The number of imidazole rings is 1. The minimum Gasteiger partial charge on any atom is -0.507 e. The molecule has 5 aromatic carbocycles. The maximum atomic E-state index is 11.2. The third-order valence-electron chi connectivity index (χ3n) is 10.0. The molecule has 0 aliphatic rings. The van der Waals surface area contributed by atoms with E-state index in [1.807, 2.05) is 43.6 Å². The Bertz CT molecular complexity index is 2590. The van der Waals surface area contributed by atoms with Gasteiger partial charge in [0.25, 0.3) is 0 Å². The second kappa shape index (κ2) is 12.9. The van der Waals surface area contributed by atoms with Crippen LogP contribution in [0.5, 0.6) is 5.75 Å². The summed E-state index contributed by atoms with van der Waals surface area (Å²) in [4.78, 5) is 15.0. The SMILES string of the molecule is Cc1ccc(O)c(-c2nc3c(-c4cccc(-c5cc(-c6ccccn6)cc6c(C(C)C)ccnc56)c4)cccc3n2-c2ccc(C(C)(C)C)cc2)c1. The number of aryl methyl sites for hydroxylation is 1. The Balaban J connectivity index is 1.34. The van der Waals surface area contributed by atoms with Crippen molar-refractivity contribution in [3.05, 3.63) is 150 Å². The molecule has 3 heterocycles. The maximum Gasteiger partial charge on any atom is 0.149 e. The maximum absolute atomic E-state index is 11.2. The molecule has 256 valence electrons. The Kier molecular flexibility index (Phi) is 8.22. The molecule has 52 heavy (non-hydrogen) atoms. The van der Waals surface area contributed by atoms with Gasteiger partial charge in [-0.2, -0.15) is 0 Å². The second-order valence-electron chi connectivity index (χ2n) is 15.0. The van der Waals surface area contributed by atoms with Gasteiger partial charge in [-0.15, -0.1) is 0 Å². The first-order chi connectivity index (χ1) is 25.1. The molecular weight excluding hydrogens is 637 g/mol. The number of aromatic hydroxyl groups is 1. The van der Waals surface area contributed by atoms with Crippen LogP contribution in [0.2, 0.25) is 0 Å². The molecular formula is C47H42N4O. The molecule has 3 aromatic heterocycles. The van der Waals surface area contributed by atoms with Gasteiger partial charge in [-0.1, -0.05) is 94.8 Å². The minimum atomic E-state index is 0.0275. The third-order valence-corrected chi connectivity index (χ3v) is 10.0. The standard InChI is InChI=1S/C47H42N4O/c1-29(2)36-22-24-49-44-38(27-33(28-39(36)44)41-14-7-8-23-48-41)32-12-9-11-31(26-32)37-13-10-15-42-45(37)50-46(40-25-30(3)16-21-43(40)52)51(42)35-19-17-34(18-20-35)47(4,5)6/h7-29,52H,1-6H3. The smallest absolute Gasteiger partial charge is 0.149 e. The van der Waals surface area contributed by atoms with Crippen molar-refractivity contribution >= 4 is 21.9 Å². The highest BCUT2D eigenvalue weighted by Gasteiger charge is 2.22. The van der Waals surface area contributed by atoms with Crippen LogP contribution in [-0.4, -0.2) is 24.6 Å². The molecule has 8 rings (SSSR count). The van der Waals surface area contributed by atoms with Crippen LogP contribution in [0.25, 0.3) is 72.5 Å². The normalized spacial score (nSPS) is 11.9. The molecule has 0 bridgehead atoms. The first-order valence-electron chi connectivity index (χ1n) is 17.9. The Morgan fingerprint density at radius 3 is 2.13 bits per heavy atom. The fourth-order valence-electron chi connectivity index (χ4n) is 7.25. The van der Waals surface area contributed by atoms with Crippen molar-refractivity contribution in [2.45, 2.75) is 52.9 Å². The van der Waals surface area contributed by atoms with Crippen LogP contribution in [0.3, 0.4) is 0 Å². The molecule has 0 aliphatic heterocycles. The predicted octanol–water partition coefficient (Wildman–Crippen LogP) is 12.1. The quantitative estimate of drug-likeness (QED) is 0.190. The second-order valence-corrected chi connectivity index (χ2v) is 15.0. The molecule has 0 fully saturated rings. The molecule has 0 unspecified atom stereocenters. The van der Waals surface area contributed by atoms with E-state index in [0.717, 1.165) is 66.7 Å². The number of pyridine rings is 2. The van der Waals surface area contributed by atoms with Crippen LogP contribution in [0.1, 0.15) is 57.2 Å². The lowest BCUT2D eigenvalue weighted by Gasteiger charge is -2.20. The van der Waals surface area contributed by atoms with Crippen molar-refractivity contribution in [3.63, 3.8) is 0 Å². The first kappa shape index (κ1) is 33.1. The minimum absolute atomic E-state index is 0.0275. The third kappa shape index (κ3) is 5.92. The molecule has 5 heteroatoms. The van der Waals surface area contributed by atoms with E-state index in [4.69, 9.17) is 15.0 Å². The average molecular weight is 679 g/mol. The average Bonchev–Trinajstić information content (AvgIpc) is 3.55. The summed E-state index contributed by atoms with van der Waals surface area (Å²) < 4.78 is 2.17. The van der Waals surface area contributed by atoms with Gasteiger partial charge in [0, 0.05) is 40.2 Å². The molecule has 0 spiro atoms. The number of aromatic nitrogens is 4. The summed E-state index contributed by atoms with van der Waals surface area (Å²) in [5, 5.41) is 12.3. The van der Waals surface area contributed by atoms with E-state index >= 15 is 0 Å². The number of para-hydroxylation sites is 1. The summed E-state index contributed by atoms with van der Waals surface area (Å²) in [5.74, 6) is 1.23. The highest BCUT2D eigenvalue weighted by Crippen LogP contribution is 2.41. The number of rotatable bonds is 6. The topological polar surface area (TPSA) is 63.8 Å². The summed E-state index contributed by atoms with van der Waals surface area (Å²) in [6.45, 7) is 13.2. The Morgan fingerprint density at radius 1 is 0.635 bits per heavy atom. The monoisotopic (exact) mass is 678 g/mol. The van der Waals surface area contributed by atoms with Gasteiger partial charge in [-0.05, 0) is 107 Å². The van der Waals surface area contributed by atoms with Crippen LogP contribution in [-0.2, 0) is 5.41 Å². The molecule has 0 atom stereocenters. The zero-order valence-corrected chi connectivity index (χ0v) is 30.5. The van der Waals surface area contributed by atoms with Gasteiger partial charge in [0.05, 0.1) is 27.8 Å². The van der Waals surface area contributed by atoms with Gasteiger partial charge in [0.15, 0.2) is 0 Å². The number of phenolic OH excluding ortho intramolecular Hbond substituents is 1. The summed E-state index contributed by atoms with van der Waals surface area (Å²) in [5.41, 5.74) is 14.3. The highest BCUT2D eigenvalue weighted by atomic mass is 16.3. The van der Waals surface area contributed by atoms with E-state index in [-0.39, 0.29) is 11.2 Å². The van der Waals surface area contributed by atoms with Gasteiger partial charge in [0.1, 0.15) is 11.6 Å². The van der Waals surface area contributed by atoms with Crippen molar-refractivity contribution in [1.29, 1.82) is 0 Å². The lowest BCUT2D eigenvalue weighted by atomic mass is 9.87. The van der Waals surface area contributed by atoms with Gasteiger partial charge in [0.2, 0.25) is 0 Å². The summed E-state index contributed by atoms with van der Waals surface area (Å²) in [7, 11) is 0.